The molecular formula is C13H20N2O3. The highest BCUT2D eigenvalue weighted by molar-refractivity contribution is 5.74. The van der Waals surface area contributed by atoms with Crippen LogP contribution in [-0.2, 0) is 11.2 Å². The van der Waals surface area contributed by atoms with Crippen LogP contribution >= 0.6 is 0 Å². The molecule has 100 valence electrons. The maximum absolute atomic E-state index is 11.0. The van der Waals surface area contributed by atoms with Crippen molar-refractivity contribution in [2.45, 2.75) is 25.4 Å². The van der Waals surface area contributed by atoms with E-state index in [-0.39, 0.29) is 0 Å². The molecule has 1 rings (SSSR count). The molecule has 0 aliphatic carbocycles. The summed E-state index contributed by atoms with van der Waals surface area (Å²) in [6, 6.07) is 4.23. The minimum atomic E-state index is -1.04. The Bertz CT molecular complexity index is 421. The first kappa shape index (κ1) is 14.5. The van der Waals surface area contributed by atoms with E-state index >= 15 is 0 Å². The van der Waals surface area contributed by atoms with E-state index in [1.807, 2.05) is 25.1 Å². The van der Waals surface area contributed by atoms with Gasteiger partial charge in [-0.1, -0.05) is 19.1 Å². The van der Waals surface area contributed by atoms with Crippen LogP contribution in [0.25, 0.3) is 0 Å². The quantitative estimate of drug-likeness (QED) is 0.701. The molecule has 0 saturated heterocycles. The zero-order chi connectivity index (χ0) is 13.7. The third kappa shape index (κ3) is 3.00. The number of nitrogens with two attached hydrogens (primary N) is 1. The van der Waals surface area contributed by atoms with Gasteiger partial charge in [0, 0.05) is 5.56 Å². The highest BCUT2D eigenvalue weighted by Gasteiger charge is 2.27. The normalized spacial score (nSPS) is 14.0. The van der Waals surface area contributed by atoms with Crippen LogP contribution < -0.4 is 15.8 Å². The Morgan fingerprint density at radius 1 is 1.56 bits per heavy atom. The number of aliphatic carboxylic acids is 1. The van der Waals surface area contributed by atoms with Crippen LogP contribution in [0.1, 0.15) is 24.1 Å². The second-order valence-corrected chi connectivity index (χ2v) is 4.06. The first-order valence-corrected chi connectivity index (χ1v) is 5.87. The lowest BCUT2D eigenvalue weighted by Crippen LogP contribution is -2.42. The molecule has 0 aromatic heterocycles. The fourth-order valence-electron chi connectivity index (χ4n) is 1.92. The zero-order valence-electron chi connectivity index (χ0n) is 10.9. The van der Waals surface area contributed by atoms with Crippen molar-refractivity contribution in [3.63, 3.8) is 0 Å². The number of benzene rings is 1. The van der Waals surface area contributed by atoms with Gasteiger partial charge in [0.05, 0.1) is 13.2 Å². The fraction of sp³-hybridized carbons (Fsp3) is 0.462. The first-order chi connectivity index (χ1) is 8.54. The lowest BCUT2D eigenvalue weighted by Gasteiger charge is -2.23. The molecule has 0 radical (unpaired) electrons. The first-order valence-electron chi connectivity index (χ1n) is 5.87. The number of methoxy groups -OCH3 is 1. The highest BCUT2D eigenvalue weighted by Crippen LogP contribution is 2.28. The topological polar surface area (TPSA) is 84.6 Å². The number of aryl methyl sites for hydroxylation is 1. The lowest BCUT2D eigenvalue weighted by molar-refractivity contribution is -0.139. The number of hydrogen-bond donors (Lipinski definition) is 3. The maximum atomic E-state index is 11.0. The molecule has 4 N–H and O–H groups in total. The summed E-state index contributed by atoms with van der Waals surface area (Å²) >= 11 is 0. The molecule has 5 heteroatoms. The van der Waals surface area contributed by atoms with E-state index in [0.29, 0.717) is 5.75 Å². The van der Waals surface area contributed by atoms with Gasteiger partial charge in [-0.25, -0.2) is 0 Å². The molecule has 5 nitrogen and oxygen atoms in total. The van der Waals surface area contributed by atoms with Crippen LogP contribution in [0, 0.1) is 0 Å². The summed E-state index contributed by atoms with van der Waals surface area (Å²) in [4.78, 5) is 11.0. The van der Waals surface area contributed by atoms with Crippen LogP contribution in [0.4, 0.5) is 0 Å². The summed E-state index contributed by atoms with van der Waals surface area (Å²) in [6.07, 6.45) is 0.871. The summed E-state index contributed by atoms with van der Waals surface area (Å²) in [5.41, 5.74) is 7.59. The van der Waals surface area contributed by atoms with E-state index in [2.05, 4.69) is 5.32 Å². The molecule has 18 heavy (non-hydrogen) atoms. The van der Waals surface area contributed by atoms with Crippen molar-refractivity contribution in [1.82, 2.24) is 5.32 Å². The Balaban J connectivity index is 3.21. The lowest BCUT2D eigenvalue weighted by atomic mass is 9.96. The van der Waals surface area contributed by atoms with E-state index < -0.39 is 18.1 Å². The third-order valence-electron chi connectivity index (χ3n) is 2.99. The van der Waals surface area contributed by atoms with Gasteiger partial charge in [-0.2, -0.15) is 0 Å². The van der Waals surface area contributed by atoms with Crippen molar-refractivity contribution in [1.29, 1.82) is 0 Å². The van der Waals surface area contributed by atoms with Gasteiger partial charge in [0.1, 0.15) is 11.8 Å². The van der Waals surface area contributed by atoms with Gasteiger partial charge in [0.2, 0.25) is 0 Å². The van der Waals surface area contributed by atoms with Crippen LogP contribution in [-0.4, -0.2) is 31.3 Å². The predicted molar refractivity (Wildman–Crippen MR) is 69.8 cm³/mol. The van der Waals surface area contributed by atoms with E-state index in [4.69, 9.17) is 15.6 Å². The minimum absolute atomic E-state index is 0.482. The molecule has 2 atom stereocenters. The monoisotopic (exact) mass is 252 g/mol. The largest absolute Gasteiger partial charge is 0.496 e. The number of carbonyl (C=O) groups is 1. The number of carboxylic acids is 1. The maximum Gasteiger partial charge on any atom is 0.322 e. The van der Waals surface area contributed by atoms with Crippen molar-refractivity contribution in [2.24, 2.45) is 5.73 Å². The SMILES string of the molecule is CCc1ccc(OC)c(C(NC)C(N)C(=O)O)c1. The van der Waals surface area contributed by atoms with Gasteiger partial charge in [-0.15, -0.1) is 0 Å². The molecule has 0 heterocycles. The molecular weight excluding hydrogens is 232 g/mol. The van der Waals surface area contributed by atoms with E-state index in [0.717, 1.165) is 17.5 Å². The summed E-state index contributed by atoms with van der Waals surface area (Å²) in [7, 11) is 3.25. The van der Waals surface area contributed by atoms with Gasteiger partial charge in [0.15, 0.2) is 0 Å². The Kier molecular flexibility index (Phi) is 5.12. The number of hydrogen-bond acceptors (Lipinski definition) is 4. The summed E-state index contributed by atoms with van der Waals surface area (Å²) in [5.74, 6) is -0.401. The molecule has 0 aliphatic rings. The molecule has 0 saturated carbocycles. The second-order valence-electron chi connectivity index (χ2n) is 4.06. The van der Waals surface area contributed by atoms with E-state index in [9.17, 15) is 4.79 Å². The second kappa shape index (κ2) is 6.37. The average molecular weight is 252 g/mol. The van der Waals surface area contributed by atoms with Gasteiger partial charge < -0.3 is 20.9 Å². The summed E-state index contributed by atoms with van der Waals surface area (Å²) in [5, 5.41) is 12.0. The van der Waals surface area contributed by atoms with Crippen molar-refractivity contribution >= 4 is 5.97 Å². The van der Waals surface area contributed by atoms with Crippen LogP contribution in [0.3, 0.4) is 0 Å². The summed E-state index contributed by atoms with van der Waals surface area (Å²) in [6.45, 7) is 2.04. The molecule has 0 amide bonds. The highest BCUT2D eigenvalue weighted by atomic mass is 16.5. The molecule has 1 aromatic rings. The molecule has 0 aliphatic heterocycles. The Labute approximate surface area is 107 Å². The standard InChI is InChI=1S/C13H20N2O3/c1-4-8-5-6-10(18-3)9(7-8)12(15-2)11(14)13(16)17/h5-7,11-12,15H,4,14H2,1-3H3,(H,16,17). The number of nitrogens with one attached hydrogen (secondary N) is 1. The van der Waals surface area contributed by atoms with Crippen LogP contribution in [0.15, 0.2) is 18.2 Å². The number of carboxylic acid groups (broad SMARTS) is 1. The average Bonchev–Trinajstić information content (AvgIpc) is 2.39. The molecule has 0 fully saturated rings. The Morgan fingerprint density at radius 2 is 2.22 bits per heavy atom. The van der Waals surface area contributed by atoms with Gasteiger partial charge in [-0.05, 0) is 25.1 Å². The van der Waals surface area contributed by atoms with E-state index in [1.165, 1.54) is 0 Å². The van der Waals surface area contributed by atoms with Crippen molar-refractivity contribution in [3.8, 4) is 5.75 Å². The van der Waals surface area contributed by atoms with E-state index in [1.54, 1.807) is 14.2 Å². The van der Waals surface area contributed by atoms with Crippen molar-refractivity contribution in [3.05, 3.63) is 29.3 Å². The smallest absolute Gasteiger partial charge is 0.322 e. The van der Waals surface area contributed by atoms with Gasteiger partial charge in [-0.3, -0.25) is 4.79 Å². The van der Waals surface area contributed by atoms with Crippen LogP contribution in [0.2, 0.25) is 0 Å². The van der Waals surface area contributed by atoms with Gasteiger partial charge in [0.25, 0.3) is 0 Å². The molecule has 2 unspecified atom stereocenters. The number of likely N-dealkylation sites (N-methyl/N-ethyl adjacent to an activating group) is 1. The van der Waals surface area contributed by atoms with Crippen molar-refractivity contribution < 1.29 is 14.6 Å². The van der Waals surface area contributed by atoms with Crippen LogP contribution in [0.5, 0.6) is 5.75 Å². The third-order valence-corrected chi connectivity index (χ3v) is 2.99. The van der Waals surface area contributed by atoms with Gasteiger partial charge >= 0.3 is 5.97 Å². The number of rotatable bonds is 6. The summed E-state index contributed by atoms with van der Waals surface area (Å²) < 4.78 is 5.27. The Hall–Kier alpha value is -1.59. The fourth-order valence-corrected chi connectivity index (χ4v) is 1.92. The van der Waals surface area contributed by atoms with Crippen molar-refractivity contribution in [2.75, 3.05) is 14.2 Å². The molecule has 0 bridgehead atoms. The predicted octanol–water partition coefficient (Wildman–Crippen LogP) is 0.930. The Morgan fingerprint density at radius 3 is 2.67 bits per heavy atom. The number of ether oxygens (including phenoxy) is 1. The zero-order valence-corrected chi connectivity index (χ0v) is 10.9. The molecule has 1 aromatic carbocycles. The minimum Gasteiger partial charge on any atom is -0.496 e. The molecule has 0 spiro atoms.